The van der Waals surface area contributed by atoms with E-state index in [1.54, 1.807) is 0 Å². The predicted octanol–water partition coefficient (Wildman–Crippen LogP) is 1.98. The highest BCUT2D eigenvalue weighted by Gasteiger charge is 2.70. The molecule has 2 aliphatic carbocycles. The summed E-state index contributed by atoms with van der Waals surface area (Å²) in [5.41, 5.74) is 0.112. The molecule has 2 bridgehead atoms. The summed E-state index contributed by atoms with van der Waals surface area (Å²) in [4.78, 5) is 11.7. The zero-order valence-corrected chi connectivity index (χ0v) is 8.46. The van der Waals surface area contributed by atoms with Gasteiger partial charge >= 0.3 is 5.97 Å². The molecule has 0 amide bonds. The molecular formula is C11H16O2. The minimum Gasteiger partial charge on any atom is -0.461 e. The Labute approximate surface area is 78.6 Å². The van der Waals surface area contributed by atoms with Crippen LogP contribution in [0.5, 0.6) is 0 Å². The van der Waals surface area contributed by atoms with Crippen LogP contribution in [-0.4, -0.2) is 12.1 Å². The largest absolute Gasteiger partial charge is 0.461 e. The normalized spacial score (nSPS) is 55.6. The van der Waals surface area contributed by atoms with Gasteiger partial charge in [-0.05, 0) is 25.7 Å². The topological polar surface area (TPSA) is 26.3 Å². The molecule has 3 aliphatic rings. The summed E-state index contributed by atoms with van der Waals surface area (Å²) >= 11 is 0. The SMILES string of the molecule is CC12CC3CC1C(OC2=O)C3(C)C. The highest BCUT2D eigenvalue weighted by Crippen LogP contribution is 2.68. The first-order valence-electron chi connectivity index (χ1n) is 5.17. The fourth-order valence-electron chi connectivity index (χ4n) is 3.81. The van der Waals surface area contributed by atoms with Crippen molar-refractivity contribution in [3.05, 3.63) is 0 Å². The van der Waals surface area contributed by atoms with Gasteiger partial charge in [0.15, 0.2) is 0 Å². The van der Waals surface area contributed by atoms with Crippen molar-refractivity contribution < 1.29 is 9.53 Å². The van der Waals surface area contributed by atoms with Crippen molar-refractivity contribution in [2.24, 2.45) is 22.7 Å². The summed E-state index contributed by atoms with van der Waals surface area (Å²) in [7, 11) is 0. The summed E-state index contributed by atoms with van der Waals surface area (Å²) in [6.45, 7) is 6.59. The van der Waals surface area contributed by atoms with Gasteiger partial charge in [0.25, 0.3) is 0 Å². The molecule has 0 N–H and O–H groups in total. The smallest absolute Gasteiger partial charge is 0.312 e. The lowest BCUT2D eigenvalue weighted by molar-refractivity contribution is -0.148. The van der Waals surface area contributed by atoms with Crippen LogP contribution >= 0.6 is 0 Å². The Kier molecular flexibility index (Phi) is 1.08. The van der Waals surface area contributed by atoms with Crippen LogP contribution in [-0.2, 0) is 9.53 Å². The van der Waals surface area contributed by atoms with Gasteiger partial charge in [-0.15, -0.1) is 0 Å². The van der Waals surface area contributed by atoms with Gasteiger partial charge in [-0.3, -0.25) is 4.79 Å². The summed E-state index contributed by atoms with van der Waals surface area (Å²) in [6.07, 6.45) is 2.48. The summed E-state index contributed by atoms with van der Waals surface area (Å²) < 4.78 is 5.52. The number of esters is 1. The van der Waals surface area contributed by atoms with Crippen LogP contribution in [0.15, 0.2) is 0 Å². The molecule has 1 aliphatic heterocycles. The van der Waals surface area contributed by atoms with Gasteiger partial charge in [-0.2, -0.15) is 0 Å². The molecule has 0 aromatic heterocycles. The van der Waals surface area contributed by atoms with Gasteiger partial charge in [-0.1, -0.05) is 13.8 Å². The Morgan fingerprint density at radius 2 is 2.08 bits per heavy atom. The first kappa shape index (κ1) is 7.84. The highest BCUT2D eigenvalue weighted by atomic mass is 16.6. The molecule has 72 valence electrons. The molecule has 3 rings (SSSR count). The van der Waals surface area contributed by atoms with E-state index in [0.717, 1.165) is 6.42 Å². The van der Waals surface area contributed by atoms with Gasteiger partial charge in [0.2, 0.25) is 0 Å². The molecule has 2 heteroatoms. The number of hydrogen-bond acceptors (Lipinski definition) is 2. The van der Waals surface area contributed by atoms with E-state index in [1.807, 2.05) is 0 Å². The number of carbonyl (C=O) groups excluding carboxylic acids is 1. The Morgan fingerprint density at radius 1 is 1.38 bits per heavy atom. The fraction of sp³-hybridized carbons (Fsp3) is 0.909. The number of ether oxygens (including phenoxy) is 1. The molecule has 3 fully saturated rings. The zero-order chi connectivity index (χ0) is 9.43. The van der Waals surface area contributed by atoms with Crippen LogP contribution in [0.1, 0.15) is 33.6 Å². The summed E-state index contributed by atoms with van der Waals surface area (Å²) in [5, 5.41) is 0. The van der Waals surface area contributed by atoms with Crippen LogP contribution in [0, 0.1) is 22.7 Å². The van der Waals surface area contributed by atoms with E-state index in [9.17, 15) is 4.79 Å². The quantitative estimate of drug-likeness (QED) is 0.533. The minimum absolute atomic E-state index is 0.0653. The Morgan fingerprint density at radius 3 is 2.62 bits per heavy atom. The lowest BCUT2D eigenvalue weighted by atomic mass is 9.66. The number of carbonyl (C=O) groups is 1. The van der Waals surface area contributed by atoms with E-state index in [4.69, 9.17) is 4.74 Å². The number of fused-ring (bicyclic) bond motifs is 1. The molecular weight excluding hydrogens is 164 g/mol. The van der Waals surface area contributed by atoms with Gasteiger partial charge in [-0.25, -0.2) is 0 Å². The third kappa shape index (κ3) is 0.628. The van der Waals surface area contributed by atoms with E-state index >= 15 is 0 Å². The molecule has 4 atom stereocenters. The molecule has 2 saturated carbocycles. The van der Waals surface area contributed by atoms with E-state index in [1.165, 1.54) is 6.42 Å². The van der Waals surface area contributed by atoms with Crippen molar-refractivity contribution in [1.29, 1.82) is 0 Å². The second-order valence-corrected chi connectivity index (χ2v) is 5.81. The van der Waals surface area contributed by atoms with Crippen molar-refractivity contribution in [3.63, 3.8) is 0 Å². The minimum atomic E-state index is -0.120. The van der Waals surface area contributed by atoms with Crippen molar-refractivity contribution in [2.45, 2.75) is 39.7 Å². The van der Waals surface area contributed by atoms with Crippen LogP contribution < -0.4 is 0 Å². The number of hydrogen-bond donors (Lipinski definition) is 0. The first-order chi connectivity index (χ1) is 5.96. The predicted molar refractivity (Wildman–Crippen MR) is 48.0 cm³/mol. The third-order valence-electron chi connectivity index (χ3n) is 4.88. The lowest BCUT2D eigenvalue weighted by Crippen LogP contribution is -2.38. The third-order valence-corrected chi connectivity index (χ3v) is 4.88. The summed E-state index contributed by atoms with van der Waals surface area (Å²) in [6, 6.07) is 0. The Bertz CT molecular complexity index is 294. The maximum Gasteiger partial charge on any atom is 0.312 e. The van der Waals surface area contributed by atoms with E-state index < -0.39 is 0 Å². The lowest BCUT2D eigenvalue weighted by Gasteiger charge is -2.35. The molecule has 0 aromatic carbocycles. The van der Waals surface area contributed by atoms with Crippen LogP contribution in [0.2, 0.25) is 0 Å². The van der Waals surface area contributed by atoms with Crippen LogP contribution in [0.25, 0.3) is 0 Å². The zero-order valence-electron chi connectivity index (χ0n) is 8.46. The van der Waals surface area contributed by atoms with E-state index in [-0.39, 0.29) is 22.9 Å². The molecule has 2 nitrogen and oxygen atoms in total. The molecule has 0 spiro atoms. The second kappa shape index (κ2) is 1.79. The van der Waals surface area contributed by atoms with Crippen molar-refractivity contribution in [2.75, 3.05) is 0 Å². The van der Waals surface area contributed by atoms with Crippen molar-refractivity contribution in [3.8, 4) is 0 Å². The first-order valence-corrected chi connectivity index (χ1v) is 5.17. The molecule has 1 heterocycles. The van der Waals surface area contributed by atoms with Crippen LogP contribution in [0.3, 0.4) is 0 Å². The molecule has 0 aromatic rings. The molecule has 13 heavy (non-hydrogen) atoms. The maximum absolute atomic E-state index is 11.7. The second-order valence-electron chi connectivity index (χ2n) is 5.81. The number of rotatable bonds is 0. The van der Waals surface area contributed by atoms with Gasteiger partial charge in [0.05, 0.1) is 5.41 Å². The van der Waals surface area contributed by atoms with Gasteiger partial charge in [0, 0.05) is 11.3 Å². The Balaban J connectivity index is 2.12. The maximum atomic E-state index is 11.7. The average Bonchev–Trinajstić information content (AvgIpc) is 2.53. The standard InChI is InChI=1S/C11H16O2/c1-10(2)6-4-7-8(10)13-9(12)11(7,3)5-6/h6-8H,4-5H2,1-3H3. The van der Waals surface area contributed by atoms with Crippen LogP contribution in [0.4, 0.5) is 0 Å². The van der Waals surface area contributed by atoms with E-state index in [2.05, 4.69) is 20.8 Å². The summed E-state index contributed by atoms with van der Waals surface area (Å²) in [5.74, 6) is 1.29. The molecule has 0 radical (unpaired) electrons. The monoisotopic (exact) mass is 180 g/mol. The van der Waals surface area contributed by atoms with Gasteiger partial charge < -0.3 is 4.74 Å². The molecule has 1 saturated heterocycles. The highest BCUT2D eigenvalue weighted by molar-refractivity contribution is 5.80. The van der Waals surface area contributed by atoms with E-state index in [0.29, 0.717) is 11.8 Å². The van der Waals surface area contributed by atoms with Crippen molar-refractivity contribution in [1.82, 2.24) is 0 Å². The Hall–Kier alpha value is -0.530. The van der Waals surface area contributed by atoms with Crippen molar-refractivity contribution >= 4 is 5.97 Å². The van der Waals surface area contributed by atoms with Gasteiger partial charge in [0.1, 0.15) is 6.10 Å². The fourth-order valence-corrected chi connectivity index (χ4v) is 3.81. The average molecular weight is 180 g/mol. The molecule has 4 unspecified atom stereocenters.